The molecule has 0 amide bonds. The summed E-state index contributed by atoms with van der Waals surface area (Å²) in [6.07, 6.45) is 7.47. The molecule has 0 atom stereocenters. The third kappa shape index (κ3) is 2.08. The van der Waals surface area contributed by atoms with Gasteiger partial charge in [-0.05, 0) is 36.0 Å². The fourth-order valence-electron chi connectivity index (χ4n) is 2.59. The summed E-state index contributed by atoms with van der Waals surface area (Å²) in [5.74, 6) is 0.140. The first-order chi connectivity index (χ1) is 8.72. The van der Waals surface area contributed by atoms with E-state index in [9.17, 15) is 4.79 Å². The predicted octanol–water partition coefficient (Wildman–Crippen LogP) is 2.33. The Balaban J connectivity index is 1.78. The normalized spacial score (nSPS) is 13.6. The molecule has 0 bridgehead atoms. The van der Waals surface area contributed by atoms with Crippen molar-refractivity contribution in [3.05, 3.63) is 52.8 Å². The highest BCUT2D eigenvalue weighted by atomic mass is 16.1. The van der Waals surface area contributed by atoms with Gasteiger partial charge in [0.25, 0.3) is 0 Å². The van der Waals surface area contributed by atoms with E-state index in [0.717, 1.165) is 12.0 Å². The van der Waals surface area contributed by atoms with Crippen LogP contribution >= 0.6 is 0 Å². The second-order valence-corrected chi connectivity index (χ2v) is 4.96. The molecule has 1 heterocycles. The monoisotopic (exact) mass is 240 g/mol. The Bertz CT molecular complexity index is 598. The summed E-state index contributed by atoms with van der Waals surface area (Å²) in [6, 6.07) is 6.45. The van der Waals surface area contributed by atoms with E-state index in [1.807, 2.05) is 7.05 Å². The van der Waals surface area contributed by atoms with Crippen LogP contribution in [0.15, 0.2) is 30.6 Å². The number of Topliss-reactive ketones (excluding diaryl/α,β-unsaturated/α-hetero) is 1. The summed E-state index contributed by atoms with van der Waals surface area (Å²) in [5, 5.41) is 4.03. The molecule has 0 saturated carbocycles. The van der Waals surface area contributed by atoms with Crippen molar-refractivity contribution in [3.63, 3.8) is 0 Å². The maximum atomic E-state index is 12.1. The van der Waals surface area contributed by atoms with Gasteiger partial charge in [-0.3, -0.25) is 9.48 Å². The van der Waals surface area contributed by atoms with E-state index < -0.39 is 0 Å². The van der Waals surface area contributed by atoms with Crippen molar-refractivity contribution in [2.24, 2.45) is 7.05 Å². The van der Waals surface area contributed by atoms with E-state index in [4.69, 9.17) is 0 Å². The summed E-state index contributed by atoms with van der Waals surface area (Å²) in [7, 11) is 1.83. The third-order valence-corrected chi connectivity index (χ3v) is 3.55. The predicted molar refractivity (Wildman–Crippen MR) is 69.7 cm³/mol. The first kappa shape index (κ1) is 11.2. The molecule has 3 nitrogen and oxygen atoms in total. The zero-order valence-corrected chi connectivity index (χ0v) is 10.5. The van der Waals surface area contributed by atoms with Crippen LogP contribution in [0.1, 0.15) is 33.5 Å². The number of hydrogen-bond acceptors (Lipinski definition) is 2. The minimum atomic E-state index is 0.140. The van der Waals surface area contributed by atoms with Crippen LogP contribution < -0.4 is 0 Å². The van der Waals surface area contributed by atoms with Crippen LogP contribution in [0.4, 0.5) is 0 Å². The van der Waals surface area contributed by atoms with Crippen LogP contribution in [0, 0.1) is 0 Å². The lowest BCUT2D eigenvalue weighted by atomic mass is 10.0. The molecule has 0 spiro atoms. The van der Waals surface area contributed by atoms with Gasteiger partial charge in [0.05, 0.1) is 11.8 Å². The number of nitrogens with zero attached hydrogens (tertiary/aromatic N) is 2. The number of fused-ring (bicyclic) bond motifs is 1. The zero-order chi connectivity index (χ0) is 12.5. The van der Waals surface area contributed by atoms with Gasteiger partial charge in [0, 0.05) is 19.7 Å². The van der Waals surface area contributed by atoms with Gasteiger partial charge < -0.3 is 0 Å². The van der Waals surface area contributed by atoms with Crippen molar-refractivity contribution in [2.75, 3.05) is 0 Å². The number of rotatable bonds is 3. The van der Waals surface area contributed by atoms with E-state index in [1.165, 1.54) is 24.0 Å². The first-order valence-electron chi connectivity index (χ1n) is 6.35. The van der Waals surface area contributed by atoms with Crippen LogP contribution in [0.5, 0.6) is 0 Å². The van der Waals surface area contributed by atoms with Crippen molar-refractivity contribution in [2.45, 2.75) is 25.7 Å². The topological polar surface area (TPSA) is 34.9 Å². The van der Waals surface area contributed by atoms with Crippen LogP contribution in [0.2, 0.25) is 0 Å². The Labute approximate surface area is 106 Å². The van der Waals surface area contributed by atoms with Gasteiger partial charge >= 0.3 is 0 Å². The van der Waals surface area contributed by atoms with Crippen molar-refractivity contribution in [1.29, 1.82) is 0 Å². The van der Waals surface area contributed by atoms with Gasteiger partial charge in [0.15, 0.2) is 5.78 Å². The van der Waals surface area contributed by atoms with Crippen molar-refractivity contribution in [3.8, 4) is 0 Å². The van der Waals surface area contributed by atoms with Gasteiger partial charge in [-0.15, -0.1) is 0 Å². The molecule has 0 saturated heterocycles. The third-order valence-electron chi connectivity index (χ3n) is 3.55. The maximum absolute atomic E-state index is 12.1. The minimum Gasteiger partial charge on any atom is -0.294 e. The molecule has 1 aromatic carbocycles. The van der Waals surface area contributed by atoms with E-state index in [2.05, 4.69) is 23.3 Å². The molecule has 92 valence electrons. The molecule has 0 unspecified atom stereocenters. The molecule has 1 aromatic heterocycles. The molecule has 0 N–H and O–H groups in total. The Hall–Kier alpha value is -1.90. The molecule has 1 aliphatic rings. The van der Waals surface area contributed by atoms with Gasteiger partial charge in [0.1, 0.15) is 0 Å². The smallest absolute Gasteiger partial charge is 0.170 e. The first-order valence-corrected chi connectivity index (χ1v) is 6.35. The van der Waals surface area contributed by atoms with Crippen LogP contribution in [-0.4, -0.2) is 15.6 Å². The van der Waals surface area contributed by atoms with Crippen LogP contribution in [-0.2, 0) is 26.3 Å². The number of benzene rings is 1. The number of carbonyl (C=O) groups is 1. The lowest BCUT2D eigenvalue weighted by Gasteiger charge is -2.03. The molecule has 18 heavy (non-hydrogen) atoms. The SMILES string of the molecule is Cn1cc(C(=O)Cc2ccc3c(c2)CCC3)cn1. The number of carbonyl (C=O) groups excluding carboxylic acids is 1. The lowest BCUT2D eigenvalue weighted by molar-refractivity contribution is 0.0993. The molecule has 1 aliphatic carbocycles. The van der Waals surface area contributed by atoms with Crippen molar-refractivity contribution < 1.29 is 4.79 Å². The molecular weight excluding hydrogens is 224 g/mol. The molecule has 0 aliphatic heterocycles. The maximum Gasteiger partial charge on any atom is 0.170 e. The second kappa shape index (κ2) is 4.41. The van der Waals surface area contributed by atoms with E-state index >= 15 is 0 Å². The fourth-order valence-corrected chi connectivity index (χ4v) is 2.59. The summed E-state index contributed by atoms with van der Waals surface area (Å²) in [6.45, 7) is 0. The van der Waals surface area contributed by atoms with E-state index in [0.29, 0.717) is 12.0 Å². The fraction of sp³-hybridized carbons (Fsp3) is 0.333. The molecular formula is C15H16N2O. The number of aryl methyl sites for hydroxylation is 3. The number of hydrogen-bond donors (Lipinski definition) is 0. The Morgan fingerprint density at radius 2 is 2.17 bits per heavy atom. The van der Waals surface area contributed by atoms with E-state index in [-0.39, 0.29) is 5.78 Å². The molecule has 2 aromatic rings. The van der Waals surface area contributed by atoms with Crippen LogP contribution in [0.3, 0.4) is 0 Å². The Morgan fingerprint density at radius 1 is 1.33 bits per heavy atom. The highest BCUT2D eigenvalue weighted by Crippen LogP contribution is 2.23. The molecule has 3 heteroatoms. The standard InChI is InChI=1S/C15H16N2O/c1-17-10-14(9-16-17)15(18)8-11-5-6-12-3-2-4-13(12)7-11/h5-7,9-10H,2-4,8H2,1H3. The van der Waals surface area contributed by atoms with Gasteiger partial charge in [-0.1, -0.05) is 18.2 Å². The van der Waals surface area contributed by atoms with Gasteiger partial charge in [-0.2, -0.15) is 5.10 Å². The quantitative estimate of drug-likeness (QED) is 0.772. The molecule has 0 radical (unpaired) electrons. The second-order valence-electron chi connectivity index (χ2n) is 4.96. The summed E-state index contributed by atoms with van der Waals surface area (Å²) < 4.78 is 1.66. The van der Waals surface area contributed by atoms with Crippen molar-refractivity contribution >= 4 is 5.78 Å². The lowest BCUT2D eigenvalue weighted by Crippen LogP contribution is -2.03. The average molecular weight is 240 g/mol. The summed E-state index contributed by atoms with van der Waals surface area (Å²) in [4.78, 5) is 12.1. The van der Waals surface area contributed by atoms with Crippen LogP contribution in [0.25, 0.3) is 0 Å². The van der Waals surface area contributed by atoms with Gasteiger partial charge in [0.2, 0.25) is 0 Å². The molecule has 0 fully saturated rings. The summed E-state index contributed by atoms with van der Waals surface area (Å²) >= 11 is 0. The number of aromatic nitrogens is 2. The Kier molecular flexibility index (Phi) is 2.74. The van der Waals surface area contributed by atoms with Crippen molar-refractivity contribution in [1.82, 2.24) is 9.78 Å². The highest BCUT2D eigenvalue weighted by Gasteiger charge is 2.13. The average Bonchev–Trinajstić information content (AvgIpc) is 2.96. The summed E-state index contributed by atoms with van der Waals surface area (Å²) in [5.41, 5.74) is 4.68. The molecule has 3 rings (SSSR count). The highest BCUT2D eigenvalue weighted by molar-refractivity contribution is 5.97. The van der Waals surface area contributed by atoms with E-state index in [1.54, 1.807) is 17.1 Å². The largest absolute Gasteiger partial charge is 0.294 e. The van der Waals surface area contributed by atoms with Gasteiger partial charge in [-0.25, -0.2) is 0 Å². The minimum absolute atomic E-state index is 0.140. The zero-order valence-electron chi connectivity index (χ0n) is 10.5. The number of ketones is 1. The Morgan fingerprint density at radius 3 is 2.94 bits per heavy atom.